The quantitative estimate of drug-likeness (QED) is 0.261. The van der Waals surface area contributed by atoms with Crippen molar-refractivity contribution in [3.63, 3.8) is 0 Å². The van der Waals surface area contributed by atoms with Crippen LogP contribution < -0.4 is 10.2 Å². The standard InChI is InChI=1S/C19H33N5O2.HI/c1-20-19(22-15-16-6-9-21-18(14-16)23(2)3)24-10-7-17(8-11-24)26-13-5-12-25-4;/h6,9,14,17H,5,7-8,10-13,15H2,1-4H3,(H,20,22);1H. The first-order valence-corrected chi connectivity index (χ1v) is 9.32. The highest BCUT2D eigenvalue weighted by atomic mass is 127. The lowest BCUT2D eigenvalue weighted by molar-refractivity contribution is 0.00989. The van der Waals surface area contributed by atoms with Crippen molar-refractivity contribution in [1.82, 2.24) is 15.2 Å². The smallest absolute Gasteiger partial charge is 0.193 e. The van der Waals surface area contributed by atoms with Crippen molar-refractivity contribution in [2.24, 2.45) is 4.99 Å². The first-order valence-electron chi connectivity index (χ1n) is 9.32. The molecule has 8 heteroatoms. The van der Waals surface area contributed by atoms with Gasteiger partial charge in [-0.2, -0.15) is 0 Å². The summed E-state index contributed by atoms with van der Waals surface area (Å²) in [5, 5.41) is 3.47. The monoisotopic (exact) mass is 491 g/mol. The van der Waals surface area contributed by atoms with Crippen molar-refractivity contribution in [2.45, 2.75) is 31.9 Å². The summed E-state index contributed by atoms with van der Waals surface area (Å²) < 4.78 is 11.0. The van der Waals surface area contributed by atoms with Gasteiger partial charge in [0.15, 0.2) is 5.96 Å². The maximum absolute atomic E-state index is 5.93. The summed E-state index contributed by atoms with van der Waals surface area (Å²) in [6.07, 6.45) is 5.23. The molecule has 1 saturated heterocycles. The molecule has 1 aliphatic rings. The maximum Gasteiger partial charge on any atom is 0.193 e. The second kappa shape index (κ2) is 13.1. The third kappa shape index (κ3) is 8.18. The lowest BCUT2D eigenvalue weighted by atomic mass is 10.1. The van der Waals surface area contributed by atoms with Gasteiger partial charge >= 0.3 is 0 Å². The third-order valence-corrected chi connectivity index (χ3v) is 4.52. The van der Waals surface area contributed by atoms with Crippen LogP contribution in [0.1, 0.15) is 24.8 Å². The Hall–Kier alpha value is -1.13. The molecule has 1 aromatic rings. The number of nitrogens with zero attached hydrogens (tertiary/aromatic N) is 4. The van der Waals surface area contributed by atoms with Crippen molar-refractivity contribution in [3.8, 4) is 0 Å². The number of methoxy groups -OCH3 is 1. The Morgan fingerprint density at radius 2 is 2.07 bits per heavy atom. The Morgan fingerprint density at radius 3 is 2.70 bits per heavy atom. The maximum atomic E-state index is 5.93. The highest BCUT2D eigenvalue weighted by Gasteiger charge is 2.21. The highest BCUT2D eigenvalue weighted by molar-refractivity contribution is 14.0. The van der Waals surface area contributed by atoms with Gasteiger partial charge in [0.25, 0.3) is 0 Å². The molecule has 0 spiro atoms. The number of aromatic nitrogens is 1. The normalized spacial score (nSPS) is 15.4. The Labute approximate surface area is 180 Å². The lowest BCUT2D eigenvalue weighted by Gasteiger charge is -2.34. The molecule has 154 valence electrons. The van der Waals surface area contributed by atoms with Crippen LogP contribution in [0.25, 0.3) is 0 Å². The van der Waals surface area contributed by atoms with Gasteiger partial charge in [0.2, 0.25) is 0 Å². The summed E-state index contributed by atoms with van der Waals surface area (Å²) in [4.78, 5) is 13.1. The molecule has 0 aromatic carbocycles. The molecule has 0 atom stereocenters. The highest BCUT2D eigenvalue weighted by Crippen LogP contribution is 2.15. The Bertz CT molecular complexity index is 563. The van der Waals surface area contributed by atoms with E-state index in [-0.39, 0.29) is 24.0 Å². The molecule has 7 nitrogen and oxygen atoms in total. The molecular formula is C19H34IN5O2. The van der Waals surface area contributed by atoms with E-state index < -0.39 is 0 Å². The van der Waals surface area contributed by atoms with Crippen LogP contribution in [0.3, 0.4) is 0 Å². The number of hydrogen-bond donors (Lipinski definition) is 1. The van der Waals surface area contributed by atoms with Gasteiger partial charge in [0, 0.05) is 67.3 Å². The average Bonchev–Trinajstić information content (AvgIpc) is 2.67. The van der Waals surface area contributed by atoms with Gasteiger partial charge in [0.05, 0.1) is 6.10 Å². The molecule has 1 aliphatic heterocycles. The number of aliphatic imine (C=N–C) groups is 1. The molecule has 27 heavy (non-hydrogen) atoms. The number of halogens is 1. The second-order valence-electron chi connectivity index (χ2n) is 6.72. The van der Waals surface area contributed by atoms with E-state index in [1.165, 1.54) is 5.56 Å². The molecule has 0 saturated carbocycles. The first-order chi connectivity index (χ1) is 12.6. The van der Waals surface area contributed by atoms with Crippen LogP contribution in [0, 0.1) is 0 Å². The van der Waals surface area contributed by atoms with E-state index in [2.05, 4.69) is 26.3 Å². The average molecular weight is 491 g/mol. The molecule has 0 aliphatic carbocycles. The Kier molecular flexibility index (Phi) is 11.6. The SMILES string of the molecule is CN=C(NCc1ccnc(N(C)C)c1)N1CCC(OCCCOC)CC1.I. The summed E-state index contributed by atoms with van der Waals surface area (Å²) in [7, 11) is 7.57. The number of hydrogen-bond acceptors (Lipinski definition) is 5. The molecule has 1 N–H and O–H groups in total. The summed E-state index contributed by atoms with van der Waals surface area (Å²) in [6.45, 7) is 4.22. The zero-order chi connectivity index (χ0) is 18.8. The first kappa shape index (κ1) is 23.9. The fourth-order valence-corrected chi connectivity index (χ4v) is 3.02. The molecular weight excluding hydrogens is 457 g/mol. The van der Waals surface area contributed by atoms with Gasteiger partial charge in [0.1, 0.15) is 5.82 Å². The van der Waals surface area contributed by atoms with Crippen LogP contribution in [0.5, 0.6) is 0 Å². The summed E-state index contributed by atoms with van der Waals surface area (Å²) in [6, 6.07) is 4.13. The van der Waals surface area contributed by atoms with E-state index in [4.69, 9.17) is 9.47 Å². The van der Waals surface area contributed by atoms with Gasteiger partial charge in [-0.1, -0.05) is 0 Å². The number of pyridine rings is 1. The van der Waals surface area contributed by atoms with Gasteiger partial charge in [-0.3, -0.25) is 4.99 Å². The Morgan fingerprint density at radius 1 is 1.33 bits per heavy atom. The predicted octanol–water partition coefficient (Wildman–Crippen LogP) is 2.36. The number of nitrogens with one attached hydrogen (secondary N) is 1. The number of ether oxygens (including phenoxy) is 2. The topological polar surface area (TPSA) is 62.2 Å². The van der Waals surface area contributed by atoms with Crippen LogP contribution in [0.15, 0.2) is 23.3 Å². The van der Waals surface area contributed by atoms with Gasteiger partial charge in [-0.05, 0) is 37.0 Å². The molecule has 2 heterocycles. The molecule has 0 radical (unpaired) electrons. The zero-order valence-electron chi connectivity index (χ0n) is 17.0. The Balaban J connectivity index is 0.00000364. The number of piperidine rings is 1. The lowest BCUT2D eigenvalue weighted by Crippen LogP contribution is -2.46. The third-order valence-electron chi connectivity index (χ3n) is 4.52. The summed E-state index contributed by atoms with van der Waals surface area (Å²) in [5.41, 5.74) is 1.20. The second-order valence-corrected chi connectivity index (χ2v) is 6.72. The molecule has 2 rings (SSSR count). The van der Waals surface area contributed by atoms with Crippen LogP contribution in [-0.4, -0.2) is 76.5 Å². The number of anilines is 1. The summed E-state index contributed by atoms with van der Waals surface area (Å²) >= 11 is 0. The number of rotatable bonds is 8. The van der Waals surface area contributed by atoms with Crippen molar-refractivity contribution >= 4 is 35.8 Å². The molecule has 0 unspecified atom stereocenters. The fraction of sp³-hybridized carbons (Fsp3) is 0.684. The van der Waals surface area contributed by atoms with Gasteiger partial charge < -0.3 is 24.6 Å². The van der Waals surface area contributed by atoms with E-state index >= 15 is 0 Å². The predicted molar refractivity (Wildman–Crippen MR) is 121 cm³/mol. The van der Waals surface area contributed by atoms with Gasteiger partial charge in [-0.25, -0.2) is 4.98 Å². The van der Waals surface area contributed by atoms with Crippen LogP contribution in [-0.2, 0) is 16.0 Å². The minimum Gasteiger partial charge on any atom is -0.385 e. The molecule has 1 fully saturated rings. The van der Waals surface area contributed by atoms with Crippen molar-refractivity contribution < 1.29 is 9.47 Å². The number of likely N-dealkylation sites (tertiary alicyclic amines) is 1. The van der Waals surface area contributed by atoms with Crippen LogP contribution in [0.4, 0.5) is 5.82 Å². The van der Waals surface area contributed by atoms with Crippen molar-refractivity contribution in [3.05, 3.63) is 23.9 Å². The van der Waals surface area contributed by atoms with Crippen molar-refractivity contribution in [1.29, 1.82) is 0 Å². The zero-order valence-corrected chi connectivity index (χ0v) is 19.3. The number of guanidine groups is 1. The molecule has 0 bridgehead atoms. The molecule has 1 aromatic heterocycles. The van der Waals surface area contributed by atoms with E-state index in [9.17, 15) is 0 Å². The van der Waals surface area contributed by atoms with E-state index in [1.54, 1.807) is 7.11 Å². The summed E-state index contributed by atoms with van der Waals surface area (Å²) in [5.74, 6) is 1.91. The fourth-order valence-electron chi connectivity index (χ4n) is 3.02. The molecule has 0 amide bonds. The van der Waals surface area contributed by atoms with Crippen LogP contribution in [0.2, 0.25) is 0 Å². The van der Waals surface area contributed by atoms with Gasteiger partial charge in [-0.15, -0.1) is 24.0 Å². The minimum atomic E-state index is 0. The van der Waals surface area contributed by atoms with E-state index in [1.807, 2.05) is 38.3 Å². The van der Waals surface area contributed by atoms with E-state index in [0.29, 0.717) is 6.10 Å². The largest absolute Gasteiger partial charge is 0.385 e. The van der Waals surface area contributed by atoms with Crippen molar-refractivity contribution in [2.75, 3.05) is 59.5 Å². The van der Waals surface area contributed by atoms with E-state index in [0.717, 1.165) is 63.9 Å². The minimum absolute atomic E-state index is 0. The van der Waals surface area contributed by atoms with Crippen LogP contribution >= 0.6 is 24.0 Å².